The van der Waals surface area contributed by atoms with Gasteiger partial charge in [0.15, 0.2) is 17.9 Å². The first-order chi connectivity index (χ1) is 12.9. The highest BCUT2D eigenvalue weighted by atomic mass is 16.9. The van der Waals surface area contributed by atoms with Crippen LogP contribution in [-0.2, 0) is 33.2 Å². The van der Waals surface area contributed by atoms with Gasteiger partial charge in [-0.05, 0) is 32.6 Å². The first-order valence-corrected chi connectivity index (χ1v) is 10.1. The monoisotopic (exact) mass is 382 g/mol. The third-order valence-electron chi connectivity index (χ3n) is 6.14. The van der Waals surface area contributed by atoms with Crippen LogP contribution in [0.15, 0.2) is 12.2 Å². The molecule has 0 amide bonds. The fourth-order valence-electron chi connectivity index (χ4n) is 4.53. The summed E-state index contributed by atoms with van der Waals surface area (Å²) in [5, 5.41) is 0. The lowest BCUT2D eigenvalue weighted by Gasteiger charge is -2.36. The Morgan fingerprint density at radius 3 is 2.33 bits per heavy atom. The number of esters is 1. The Kier molecular flexibility index (Phi) is 5.10. The average Bonchev–Trinajstić information content (AvgIpc) is 3.36. The number of rotatable bonds is 5. The second-order valence-corrected chi connectivity index (χ2v) is 8.02. The van der Waals surface area contributed by atoms with E-state index in [1.165, 1.54) is 0 Å². The van der Waals surface area contributed by atoms with E-state index in [0.717, 1.165) is 38.5 Å². The van der Waals surface area contributed by atoms with E-state index in [4.69, 9.17) is 28.4 Å². The van der Waals surface area contributed by atoms with E-state index in [1.807, 2.05) is 13.8 Å². The first kappa shape index (κ1) is 19.3. The van der Waals surface area contributed by atoms with Gasteiger partial charge in [-0.1, -0.05) is 20.4 Å². The fourth-order valence-corrected chi connectivity index (χ4v) is 4.53. The summed E-state index contributed by atoms with van der Waals surface area (Å²) < 4.78 is 36.8. The van der Waals surface area contributed by atoms with Crippen LogP contribution in [0.5, 0.6) is 0 Å². The lowest BCUT2D eigenvalue weighted by Crippen LogP contribution is -2.56. The predicted molar refractivity (Wildman–Crippen MR) is 94.7 cm³/mol. The summed E-state index contributed by atoms with van der Waals surface area (Å²) in [4.78, 5) is 11.8. The minimum absolute atomic E-state index is 0.0735. The Morgan fingerprint density at radius 1 is 1.04 bits per heavy atom. The maximum atomic E-state index is 11.8. The van der Waals surface area contributed by atoms with Crippen LogP contribution in [0.2, 0.25) is 0 Å². The number of carbonyl (C=O) groups excluding carboxylic acids is 1. The molecule has 1 aliphatic carbocycles. The second-order valence-electron chi connectivity index (χ2n) is 8.02. The zero-order valence-corrected chi connectivity index (χ0v) is 16.4. The highest BCUT2D eigenvalue weighted by molar-refractivity contribution is 5.86. The van der Waals surface area contributed by atoms with Crippen molar-refractivity contribution >= 4 is 5.97 Å². The van der Waals surface area contributed by atoms with E-state index < -0.39 is 29.9 Å². The molecule has 27 heavy (non-hydrogen) atoms. The largest absolute Gasteiger partial charge is 0.459 e. The highest BCUT2D eigenvalue weighted by Gasteiger charge is 2.63. The van der Waals surface area contributed by atoms with Crippen LogP contribution in [0.25, 0.3) is 0 Å². The van der Waals surface area contributed by atoms with Gasteiger partial charge in [-0.15, -0.1) is 0 Å². The summed E-state index contributed by atoms with van der Waals surface area (Å²) in [5.74, 6) is -1.68. The lowest BCUT2D eigenvalue weighted by atomic mass is 9.99. The van der Waals surface area contributed by atoms with Crippen molar-refractivity contribution in [3.63, 3.8) is 0 Å². The summed E-state index contributed by atoms with van der Waals surface area (Å²) in [5.41, 5.74) is 0.354. The number of hydrogen-bond donors (Lipinski definition) is 0. The molecule has 0 bridgehead atoms. The minimum atomic E-state index is -0.669. The molecule has 7 nitrogen and oxygen atoms in total. The normalized spacial score (nSPS) is 38.6. The van der Waals surface area contributed by atoms with Gasteiger partial charge in [0.1, 0.15) is 31.0 Å². The minimum Gasteiger partial charge on any atom is -0.459 e. The molecule has 1 saturated carbocycles. The maximum absolute atomic E-state index is 11.8. The van der Waals surface area contributed by atoms with Crippen molar-refractivity contribution in [2.45, 2.75) is 102 Å². The molecule has 1 spiro atoms. The third-order valence-corrected chi connectivity index (χ3v) is 6.14. The summed E-state index contributed by atoms with van der Waals surface area (Å²) in [6, 6.07) is 0. The van der Waals surface area contributed by atoms with Crippen LogP contribution in [0.4, 0.5) is 0 Å². The molecular formula is C20H30O7. The third kappa shape index (κ3) is 3.34. The van der Waals surface area contributed by atoms with Gasteiger partial charge in [0.05, 0.1) is 0 Å². The SMILES string of the molecule is C=C(C)C(=O)OC[C@H]1O[C@H]2OC(CC)(CC)O[C@@H]2[C@H]2OC3(CCCC3)O[C@H]21. The van der Waals surface area contributed by atoms with Crippen molar-refractivity contribution in [3.05, 3.63) is 12.2 Å². The number of hydrogen-bond acceptors (Lipinski definition) is 7. The second kappa shape index (κ2) is 7.12. The molecule has 3 heterocycles. The molecule has 0 aromatic carbocycles. The zero-order chi connectivity index (χ0) is 19.2. The van der Waals surface area contributed by atoms with Gasteiger partial charge in [-0.2, -0.15) is 0 Å². The van der Waals surface area contributed by atoms with Crippen molar-refractivity contribution in [1.29, 1.82) is 0 Å². The zero-order valence-electron chi connectivity index (χ0n) is 16.4. The van der Waals surface area contributed by atoms with Gasteiger partial charge in [-0.3, -0.25) is 0 Å². The van der Waals surface area contributed by atoms with Crippen molar-refractivity contribution < 1.29 is 33.2 Å². The van der Waals surface area contributed by atoms with Crippen LogP contribution in [0, 0.1) is 0 Å². The molecule has 4 rings (SSSR count). The van der Waals surface area contributed by atoms with Crippen LogP contribution in [-0.4, -0.2) is 54.9 Å². The molecule has 4 aliphatic rings. The Hall–Kier alpha value is -0.990. The van der Waals surface area contributed by atoms with E-state index in [0.29, 0.717) is 5.57 Å². The maximum Gasteiger partial charge on any atom is 0.333 e. The predicted octanol–water partition coefficient (Wildman–Crippen LogP) is 2.82. The number of fused-ring (bicyclic) bond motifs is 3. The van der Waals surface area contributed by atoms with Crippen molar-refractivity contribution in [2.24, 2.45) is 0 Å². The van der Waals surface area contributed by atoms with E-state index in [1.54, 1.807) is 6.92 Å². The van der Waals surface area contributed by atoms with Gasteiger partial charge >= 0.3 is 5.97 Å². The van der Waals surface area contributed by atoms with Crippen molar-refractivity contribution in [1.82, 2.24) is 0 Å². The Balaban J connectivity index is 1.55. The fraction of sp³-hybridized carbons (Fsp3) is 0.850. The highest BCUT2D eigenvalue weighted by Crippen LogP contribution is 2.50. The van der Waals surface area contributed by atoms with Crippen molar-refractivity contribution in [3.8, 4) is 0 Å². The average molecular weight is 382 g/mol. The number of ether oxygens (including phenoxy) is 6. The first-order valence-electron chi connectivity index (χ1n) is 10.1. The van der Waals surface area contributed by atoms with E-state index >= 15 is 0 Å². The van der Waals surface area contributed by atoms with Gasteiger partial charge in [0.25, 0.3) is 0 Å². The topological polar surface area (TPSA) is 72.5 Å². The molecule has 152 valence electrons. The molecule has 0 N–H and O–H groups in total. The summed E-state index contributed by atoms with van der Waals surface area (Å²) in [6.45, 7) is 9.39. The summed E-state index contributed by atoms with van der Waals surface area (Å²) in [7, 11) is 0. The van der Waals surface area contributed by atoms with E-state index in [-0.39, 0.29) is 24.9 Å². The Bertz CT molecular complexity index is 593. The van der Waals surface area contributed by atoms with Gasteiger partial charge in [0, 0.05) is 18.4 Å². The molecular weight excluding hydrogens is 352 g/mol. The lowest BCUT2D eigenvalue weighted by molar-refractivity contribution is -0.249. The van der Waals surface area contributed by atoms with Crippen LogP contribution < -0.4 is 0 Å². The molecule has 0 unspecified atom stereocenters. The molecule has 7 heteroatoms. The smallest absolute Gasteiger partial charge is 0.333 e. The molecule has 0 radical (unpaired) electrons. The standard InChI is InChI=1S/C20H30O7/c1-5-19(6-2)26-16-15-14(24-20(25-15)9-7-8-10-20)13(23-18(16)27-19)11-22-17(21)12(3)4/h13-16,18H,3,5-11H2,1-2,4H3/t13-,14+,15+,16-,18+/m1/s1. The van der Waals surface area contributed by atoms with Crippen molar-refractivity contribution in [2.75, 3.05) is 6.61 Å². The summed E-state index contributed by atoms with van der Waals surface area (Å²) in [6.07, 6.45) is 3.31. The molecule has 3 saturated heterocycles. The molecule has 0 aromatic heterocycles. The van der Waals surface area contributed by atoms with Gasteiger partial charge in [-0.25, -0.2) is 4.79 Å². The molecule has 3 aliphatic heterocycles. The molecule has 4 fully saturated rings. The molecule has 0 aromatic rings. The van der Waals surface area contributed by atoms with E-state index in [2.05, 4.69) is 6.58 Å². The molecule has 5 atom stereocenters. The van der Waals surface area contributed by atoms with Crippen LogP contribution >= 0.6 is 0 Å². The van der Waals surface area contributed by atoms with Gasteiger partial charge < -0.3 is 28.4 Å². The van der Waals surface area contributed by atoms with Crippen LogP contribution in [0.1, 0.15) is 59.3 Å². The Labute approximate surface area is 160 Å². The van der Waals surface area contributed by atoms with Gasteiger partial charge in [0.2, 0.25) is 0 Å². The van der Waals surface area contributed by atoms with E-state index in [9.17, 15) is 4.79 Å². The number of carbonyl (C=O) groups is 1. The summed E-state index contributed by atoms with van der Waals surface area (Å²) >= 11 is 0. The Morgan fingerprint density at radius 2 is 1.70 bits per heavy atom. The van der Waals surface area contributed by atoms with Crippen LogP contribution in [0.3, 0.4) is 0 Å². The quantitative estimate of drug-likeness (QED) is 0.535.